The Balaban J connectivity index is 1.57. The SMILES string of the molecule is Nc1ccc(NC(=O)N(Cc2ccc(C(=O)NC[C@@H](O)C(=O)O)cc2)c2ccc(C3=CCCCC3)cc2)cc1C(F)(F)F. The van der Waals surface area contributed by atoms with Crippen LogP contribution in [-0.4, -0.2) is 40.8 Å². The zero-order valence-corrected chi connectivity index (χ0v) is 23.0. The van der Waals surface area contributed by atoms with Gasteiger partial charge in [-0.1, -0.05) is 30.3 Å². The van der Waals surface area contributed by atoms with E-state index >= 15 is 0 Å². The number of nitrogens with two attached hydrogens (primary N) is 1. The van der Waals surface area contributed by atoms with Crippen LogP contribution in [0.5, 0.6) is 0 Å². The highest BCUT2D eigenvalue weighted by atomic mass is 19.4. The minimum Gasteiger partial charge on any atom is -0.479 e. The number of nitrogens with one attached hydrogen (secondary N) is 2. The number of nitrogen functional groups attached to an aromatic ring is 1. The van der Waals surface area contributed by atoms with E-state index in [1.54, 1.807) is 24.3 Å². The van der Waals surface area contributed by atoms with Crippen LogP contribution in [0.3, 0.4) is 0 Å². The van der Waals surface area contributed by atoms with E-state index < -0.39 is 48.0 Å². The first kappa shape index (κ1) is 31.1. The molecular formula is C31H31F3N4O5. The summed E-state index contributed by atoms with van der Waals surface area (Å²) in [5.74, 6) is -2.07. The van der Waals surface area contributed by atoms with Gasteiger partial charge in [-0.05, 0) is 84.8 Å². The first-order chi connectivity index (χ1) is 20.4. The molecule has 0 heterocycles. The second kappa shape index (κ2) is 13.4. The standard InChI is InChI=1S/C31H31F3N4O5/c32-31(33,34)25-16-23(12-15-26(25)35)37-30(43)38(24-13-10-21(11-14-24)20-4-2-1-3-5-20)18-19-6-8-22(9-7-19)28(40)36-17-27(39)29(41)42/h4,6-16,27,39H,1-3,5,17-18,35H2,(H,36,40)(H,37,43)(H,41,42)/t27-/m1/s1. The Kier molecular flexibility index (Phi) is 9.71. The number of carbonyl (C=O) groups excluding carboxylic acids is 2. The van der Waals surface area contributed by atoms with Crippen molar-refractivity contribution in [2.75, 3.05) is 22.5 Å². The Hall–Kier alpha value is -4.84. The molecule has 12 heteroatoms. The molecule has 0 saturated carbocycles. The van der Waals surface area contributed by atoms with Gasteiger partial charge < -0.3 is 26.6 Å². The monoisotopic (exact) mass is 596 g/mol. The number of urea groups is 1. The zero-order chi connectivity index (χ0) is 31.1. The molecule has 3 aromatic carbocycles. The number of carboxylic acid groups (broad SMARTS) is 1. The van der Waals surface area contributed by atoms with Crippen molar-refractivity contribution in [3.63, 3.8) is 0 Å². The highest BCUT2D eigenvalue weighted by Gasteiger charge is 2.33. The summed E-state index contributed by atoms with van der Waals surface area (Å²) in [5, 5.41) is 23.0. The second-order valence-corrected chi connectivity index (χ2v) is 10.1. The summed E-state index contributed by atoms with van der Waals surface area (Å²) in [7, 11) is 0. The average Bonchev–Trinajstić information content (AvgIpc) is 2.99. The highest BCUT2D eigenvalue weighted by molar-refractivity contribution is 6.02. The number of aliphatic hydroxyl groups excluding tert-OH is 1. The quantitative estimate of drug-likeness (QED) is 0.202. The van der Waals surface area contributed by atoms with E-state index in [0.29, 0.717) is 11.3 Å². The Morgan fingerprint density at radius 2 is 1.67 bits per heavy atom. The van der Waals surface area contributed by atoms with Crippen molar-refractivity contribution >= 4 is 40.5 Å². The van der Waals surface area contributed by atoms with Crippen LogP contribution in [0.2, 0.25) is 0 Å². The normalized spacial score (nSPS) is 13.9. The van der Waals surface area contributed by atoms with Crippen molar-refractivity contribution in [3.8, 4) is 0 Å². The smallest absolute Gasteiger partial charge is 0.418 e. The molecule has 43 heavy (non-hydrogen) atoms. The summed E-state index contributed by atoms with van der Waals surface area (Å²) in [6.45, 7) is -0.466. The van der Waals surface area contributed by atoms with Crippen LogP contribution in [0.1, 0.15) is 52.7 Å². The maximum atomic E-state index is 13.5. The van der Waals surface area contributed by atoms with Crippen molar-refractivity contribution in [2.45, 2.75) is 44.5 Å². The summed E-state index contributed by atoms with van der Waals surface area (Å²) in [6, 6.07) is 15.9. The van der Waals surface area contributed by atoms with Crippen molar-refractivity contribution < 1.29 is 37.8 Å². The number of allylic oxidation sites excluding steroid dienone is 2. The Bertz CT molecular complexity index is 1510. The maximum Gasteiger partial charge on any atom is 0.418 e. The lowest BCUT2D eigenvalue weighted by Crippen LogP contribution is -2.36. The number of rotatable bonds is 9. The number of anilines is 3. The van der Waals surface area contributed by atoms with Gasteiger partial charge in [0.05, 0.1) is 18.7 Å². The van der Waals surface area contributed by atoms with Gasteiger partial charge in [-0.2, -0.15) is 13.2 Å². The number of hydrogen-bond acceptors (Lipinski definition) is 5. The Morgan fingerprint density at radius 3 is 2.28 bits per heavy atom. The van der Waals surface area contributed by atoms with Crippen LogP contribution in [0.4, 0.5) is 35.0 Å². The largest absolute Gasteiger partial charge is 0.479 e. The molecule has 3 amide bonds. The van der Waals surface area contributed by atoms with E-state index in [1.807, 2.05) is 12.1 Å². The minimum atomic E-state index is -4.70. The van der Waals surface area contributed by atoms with E-state index in [1.165, 1.54) is 28.7 Å². The minimum absolute atomic E-state index is 0.00854. The molecule has 0 unspecified atom stereocenters. The number of halogens is 3. The van der Waals surface area contributed by atoms with Gasteiger partial charge in [0.1, 0.15) is 0 Å². The number of alkyl halides is 3. The fourth-order valence-electron chi connectivity index (χ4n) is 4.63. The van der Waals surface area contributed by atoms with E-state index in [4.69, 9.17) is 10.8 Å². The molecular weight excluding hydrogens is 565 g/mol. The molecule has 6 N–H and O–H groups in total. The van der Waals surface area contributed by atoms with Crippen LogP contribution >= 0.6 is 0 Å². The molecule has 3 aromatic rings. The highest BCUT2D eigenvalue weighted by Crippen LogP contribution is 2.35. The van der Waals surface area contributed by atoms with Crippen LogP contribution in [0.15, 0.2) is 72.8 Å². The lowest BCUT2D eigenvalue weighted by Gasteiger charge is -2.24. The summed E-state index contributed by atoms with van der Waals surface area (Å²) in [6.07, 6.45) is -0.0572. The van der Waals surface area contributed by atoms with E-state index in [9.17, 15) is 32.7 Å². The molecule has 9 nitrogen and oxygen atoms in total. The van der Waals surface area contributed by atoms with Crippen molar-refractivity contribution in [1.29, 1.82) is 0 Å². The van der Waals surface area contributed by atoms with Gasteiger partial charge in [-0.15, -0.1) is 0 Å². The molecule has 0 aliphatic heterocycles. The molecule has 1 aliphatic carbocycles. The molecule has 0 spiro atoms. The first-order valence-electron chi connectivity index (χ1n) is 13.5. The fourth-order valence-corrected chi connectivity index (χ4v) is 4.63. The molecule has 226 valence electrons. The molecule has 0 radical (unpaired) electrons. The zero-order valence-electron chi connectivity index (χ0n) is 23.0. The maximum absolute atomic E-state index is 13.5. The summed E-state index contributed by atoms with van der Waals surface area (Å²) in [5.41, 5.74) is 7.43. The molecule has 0 fully saturated rings. The predicted octanol–water partition coefficient (Wildman–Crippen LogP) is 5.66. The summed E-state index contributed by atoms with van der Waals surface area (Å²) >= 11 is 0. The van der Waals surface area contributed by atoms with Gasteiger partial charge >= 0.3 is 18.2 Å². The lowest BCUT2D eigenvalue weighted by molar-refractivity contribution is -0.146. The van der Waals surface area contributed by atoms with Crippen LogP contribution in [-0.2, 0) is 17.5 Å². The third kappa shape index (κ3) is 8.13. The molecule has 0 aromatic heterocycles. The Morgan fingerprint density at radius 1 is 0.977 bits per heavy atom. The summed E-state index contributed by atoms with van der Waals surface area (Å²) < 4.78 is 40.2. The number of benzene rings is 3. The van der Waals surface area contributed by atoms with Crippen molar-refractivity contribution in [3.05, 3.63) is 95.1 Å². The van der Waals surface area contributed by atoms with E-state index in [-0.39, 0.29) is 17.8 Å². The fraction of sp³-hybridized carbons (Fsp3) is 0.258. The van der Waals surface area contributed by atoms with Crippen LogP contribution in [0, 0.1) is 0 Å². The van der Waals surface area contributed by atoms with E-state index in [0.717, 1.165) is 43.4 Å². The van der Waals surface area contributed by atoms with Crippen molar-refractivity contribution in [2.24, 2.45) is 0 Å². The number of nitrogens with zero attached hydrogens (tertiary/aromatic N) is 1. The van der Waals surface area contributed by atoms with Gasteiger partial charge in [0, 0.05) is 22.6 Å². The third-order valence-electron chi connectivity index (χ3n) is 6.99. The number of carboxylic acids is 1. The van der Waals surface area contributed by atoms with Gasteiger partial charge in [-0.25, -0.2) is 9.59 Å². The van der Waals surface area contributed by atoms with E-state index in [2.05, 4.69) is 16.7 Å². The number of hydrogen-bond donors (Lipinski definition) is 5. The molecule has 1 aliphatic rings. The third-order valence-corrected chi connectivity index (χ3v) is 6.99. The first-order valence-corrected chi connectivity index (χ1v) is 13.5. The number of aliphatic hydroxyl groups is 1. The average molecular weight is 597 g/mol. The number of amides is 3. The van der Waals surface area contributed by atoms with Gasteiger partial charge in [0.15, 0.2) is 6.10 Å². The van der Waals surface area contributed by atoms with Crippen molar-refractivity contribution in [1.82, 2.24) is 5.32 Å². The van der Waals surface area contributed by atoms with Gasteiger partial charge in [0.25, 0.3) is 5.91 Å². The lowest BCUT2D eigenvalue weighted by atomic mass is 9.93. The molecule has 1 atom stereocenters. The number of carbonyl (C=O) groups is 3. The Labute approximate surface area is 245 Å². The molecule has 4 rings (SSSR count). The molecule has 0 bridgehead atoms. The number of aliphatic carboxylic acids is 1. The molecule has 0 saturated heterocycles. The van der Waals surface area contributed by atoms with Gasteiger partial charge in [-0.3, -0.25) is 9.69 Å². The predicted molar refractivity (Wildman–Crippen MR) is 156 cm³/mol. The summed E-state index contributed by atoms with van der Waals surface area (Å²) in [4.78, 5) is 37.9. The van der Waals surface area contributed by atoms with Gasteiger partial charge in [0.2, 0.25) is 0 Å². The topological polar surface area (TPSA) is 145 Å². The van der Waals surface area contributed by atoms with Crippen LogP contribution < -0.4 is 21.3 Å². The van der Waals surface area contributed by atoms with Crippen LogP contribution in [0.25, 0.3) is 5.57 Å². The second-order valence-electron chi connectivity index (χ2n) is 10.1.